The van der Waals surface area contributed by atoms with E-state index in [1.165, 1.54) is 6.33 Å². The number of fused-ring (bicyclic) bond motifs is 1. The molecule has 0 atom stereocenters. The number of thiol groups is 1. The number of hydrogen-bond donors (Lipinski definition) is 3. The molecule has 0 aliphatic heterocycles. The minimum atomic E-state index is -0.463. The molecule has 4 rings (SSSR count). The van der Waals surface area contributed by atoms with Crippen molar-refractivity contribution >= 4 is 35.3 Å². The molecular weight excluding hydrogens is 398 g/mol. The van der Waals surface area contributed by atoms with E-state index in [4.69, 9.17) is 5.73 Å². The molecule has 0 spiro atoms. The number of carbonyl (C=O) groups is 1. The van der Waals surface area contributed by atoms with Crippen molar-refractivity contribution in [2.75, 3.05) is 11.9 Å². The summed E-state index contributed by atoms with van der Waals surface area (Å²) in [5.74, 6) is 0.869. The van der Waals surface area contributed by atoms with Gasteiger partial charge in [-0.3, -0.25) is 9.78 Å². The number of pyridine rings is 1. The average Bonchev–Trinajstić information content (AvgIpc) is 2.73. The number of nitrogens with zero attached hydrogens (tertiary/aromatic N) is 5. The van der Waals surface area contributed by atoms with Gasteiger partial charge in [0.25, 0.3) is 0 Å². The summed E-state index contributed by atoms with van der Waals surface area (Å²) < 4.78 is 0. The zero-order valence-corrected chi connectivity index (χ0v) is 17.1. The van der Waals surface area contributed by atoms with Crippen molar-refractivity contribution in [3.8, 4) is 11.3 Å². The summed E-state index contributed by atoms with van der Waals surface area (Å²) in [6, 6.07) is 9.22. The van der Waals surface area contributed by atoms with E-state index >= 15 is 0 Å². The van der Waals surface area contributed by atoms with E-state index in [0.29, 0.717) is 40.9 Å². The number of benzene rings is 1. The molecular formula is C21H19N7OS. The summed E-state index contributed by atoms with van der Waals surface area (Å²) in [6.07, 6.45) is 5.49. The molecule has 0 bridgehead atoms. The summed E-state index contributed by atoms with van der Waals surface area (Å²) in [6.45, 7) is 2.43. The molecule has 0 fully saturated rings. The van der Waals surface area contributed by atoms with Gasteiger partial charge in [0, 0.05) is 30.4 Å². The van der Waals surface area contributed by atoms with Gasteiger partial charge in [0.15, 0.2) is 0 Å². The van der Waals surface area contributed by atoms with Crippen LogP contribution in [0.15, 0.2) is 54.1 Å². The number of primary amides is 1. The summed E-state index contributed by atoms with van der Waals surface area (Å²) in [5.41, 5.74) is 9.17. The fourth-order valence-corrected chi connectivity index (χ4v) is 3.54. The maximum Gasteiger partial charge on any atom is 0.249 e. The number of carbonyl (C=O) groups excluding carboxylic acids is 1. The molecule has 1 aromatic carbocycles. The predicted octanol–water partition coefficient (Wildman–Crippen LogP) is 2.83. The highest BCUT2D eigenvalue weighted by Crippen LogP contribution is 2.24. The molecule has 0 radical (unpaired) electrons. The zero-order valence-electron chi connectivity index (χ0n) is 16.2. The lowest BCUT2D eigenvalue weighted by atomic mass is 10.0. The number of para-hydroxylation sites is 1. The lowest BCUT2D eigenvalue weighted by Crippen LogP contribution is -2.12. The normalized spacial score (nSPS) is 10.9. The van der Waals surface area contributed by atoms with Crippen LogP contribution in [0.2, 0.25) is 0 Å². The van der Waals surface area contributed by atoms with Crippen molar-refractivity contribution in [1.82, 2.24) is 24.9 Å². The summed E-state index contributed by atoms with van der Waals surface area (Å²) >= 11 is 4.42. The Morgan fingerprint density at radius 3 is 2.83 bits per heavy atom. The van der Waals surface area contributed by atoms with Crippen molar-refractivity contribution in [2.24, 2.45) is 5.73 Å². The van der Waals surface area contributed by atoms with Gasteiger partial charge in [0.1, 0.15) is 23.0 Å². The molecule has 30 heavy (non-hydrogen) atoms. The number of nitrogens with one attached hydrogen (secondary N) is 1. The highest BCUT2D eigenvalue weighted by molar-refractivity contribution is 7.80. The third-order valence-electron chi connectivity index (χ3n) is 4.65. The molecule has 0 saturated heterocycles. The van der Waals surface area contributed by atoms with Crippen molar-refractivity contribution in [3.05, 3.63) is 66.0 Å². The van der Waals surface area contributed by atoms with Crippen LogP contribution in [0.1, 0.15) is 21.7 Å². The van der Waals surface area contributed by atoms with Crippen molar-refractivity contribution in [3.63, 3.8) is 0 Å². The van der Waals surface area contributed by atoms with Crippen LogP contribution in [-0.2, 0) is 6.42 Å². The highest BCUT2D eigenvalue weighted by atomic mass is 32.1. The standard InChI is InChI=1S/C21H19N7OS/c1-12-25-10-16(21(30)28-12)17-9-18(27-11-26-17)23-7-5-13-3-2-4-14-15(20(22)29)6-8-24-19(13)14/h2-4,6,8-11H,5,7H2,1H3,(H2,22,29)(H,23,26,27)(H,25,28,30). The van der Waals surface area contributed by atoms with E-state index in [-0.39, 0.29) is 0 Å². The van der Waals surface area contributed by atoms with Crippen LogP contribution in [0.5, 0.6) is 0 Å². The first-order chi connectivity index (χ1) is 14.5. The Bertz CT molecular complexity index is 1250. The zero-order chi connectivity index (χ0) is 21.1. The topological polar surface area (TPSA) is 120 Å². The largest absolute Gasteiger partial charge is 0.370 e. The van der Waals surface area contributed by atoms with Gasteiger partial charge < -0.3 is 11.1 Å². The molecule has 0 aliphatic rings. The monoisotopic (exact) mass is 417 g/mol. The number of aromatic nitrogens is 5. The summed E-state index contributed by atoms with van der Waals surface area (Å²) in [4.78, 5) is 33.2. The second-order valence-electron chi connectivity index (χ2n) is 6.66. The second kappa shape index (κ2) is 8.42. The molecule has 4 aromatic rings. The van der Waals surface area contributed by atoms with E-state index in [9.17, 15) is 4.79 Å². The minimum Gasteiger partial charge on any atom is -0.370 e. The quantitative estimate of drug-likeness (QED) is 0.326. The lowest BCUT2D eigenvalue weighted by Gasteiger charge is -2.10. The van der Waals surface area contributed by atoms with E-state index < -0.39 is 5.91 Å². The van der Waals surface area contributed by atoms with Crippen LogP contribution in [-0.4, -0.2) is 37.4 Å². The van der Waals surface area contributed by atoms with Crippen LogP contribution in [0.25, 0.3) is 22.2 Å². The van der Waals surface area contributed by atoms with Gasteiger partial charge in [-0.05, 0) is 25.0 Å². The van der Waals surface area contributed by atoms with E-state index in [1.807, 2.05) is 31.2 Å². The van der Waals surface area contributed by atoms with Crippen molar-refractivity contribution < 1.29 is 4.79 Å². The highest BCUT2D eigenvalue weighted by Gasteiger charge is 2.11. The molecule has 0 aliphatic carbocycles. The second-order valence-corrected chi connectivity index (χ2v) is 7.08. The first-order valence-electron chi connectivity index (χ1n) is 9.28. The summed E-state index contributed by atoms with van der Waals surface area (Å²) in [7, 11) is 0. The van der Waals surface area contributed by atoms with Crippen LogP contribution in [0, 0.1) is 6.92 Å². The number of hydrogen-bond acceptors (Lipinski definition) is 8. The first-order valence-corrected chi connectivity index (χ1v) is 9.73. The van der Waals surface area contributed by atoms with Gasteiger partial charge in [-0.2, -0.15) is 0 Å². The summed E-state index contributed by atoms with van der Waals surface area (Å²) in [5, 5.41) is 4.63. The molecule has 0 unspecified atom stereocenters. The molecule has 3 heterocycles. The lowest BCUT2D eigenvalue weighted by molar-refractivity contribution is 0.100. The molecule has 3 N–H and O–H groups in total. The number of aryl methyl sites for hydroxylation is 1. The van der Waals surface area contributed by atoms with Gasteiger partial charge in [0.2, 0.25) is 5.91 Å². The van der Waals surface area contributed by atoms with E-state index in [1.54, 1.807) is 18.5 Å². The van der Waals surface area contributed by atoms with E-state index in [0.717, 1.165) is 22.0 Å². The number of nitrogens with two attached hydrogens (primary N) is 1. The third-order valence-corrected chi connectivity index (χ3v) is 4.99. The van der Waals surface area contributed by atoms with Crippen LogP contribution >= 0.6 is 12.6 Å². The number of rotatable bonds is 6. The van der Waals surface area contributed by atoms with Gasteiger partial charge >= 0.3 is 0 Å². The smallest absolute Gasteiger partial charge is 0.249 e. The van der Waals surface area contributed by atoms with Crippen LogP contribution in [0.4, 0.5) is 5.82 Å². The van der Waals surface area contributed by atoms with Gasteiger partial charge in [-0.1, -0.05) is 18.2 Å². The van der Waals surface area contributed by atoms with E-state index in [2.05, 4.69) is 42.9 Å². The SMILES string of the molecule is Cc1ncc(-c2cc(NCCc3cccc4c(C(N)=O)ccnc34)ncn2)c(S)n1. The van der Waals surface area contributed by atoms with Crippen LogP contribution < -0.4 is 11.1 Å². The Kier molecular flexibility index (Phi) is 5.53. The molecule has 0 saturated carbocycles. The fourth-order valence-electron chi connectivity index (χ4n) is 3.22. The molecule has 8 nitrogen and oxygen atoms in total. The Balaban J connectivity index is 1.51. The number of anilines is 1. The first kappa shape index (κ1) is 19.7. The molecule has 3 aromatic heterocycles. The Morgan fingerprint density at radius 1 is 1.17 bits per heavy atom. The van der Waals surface area contributed by atoms with Gasteiger partial charge in [-0.25, -0.2) is 19.9 Å². The Labute approximate surface area is 178 Å². The minimum absolute atomic E-state index is 0.463. The van der Waals surface area contributed by atoms with Crippen molar-refractivity contribution in [1.29, 1.82) is 0 Å². The van der Waals surface area contributed by atoms with Gasteiger partial charge in [0.05, 0.1) is 22.3 Å². The average molecular weight is 417 g/mol. The Hall–Kier alpha value is -3.59. The van der Waals surface area contributed by atoms with Crippen molar-refractivity contribution in [2.45, 2.75) is 18.4 Å². The number of amides is 1. The molecule has 150 valence electrons. The third kappa shape index (κ3) is 4.06. The van der Waals surface area contributed by atoms with Crippen LogP contribution in [0.3, 0.4) is 0 Å². The fraction of sp³-hybridized carbons (Fsp3) is 0.143. The predicted molar refractivity (Wildman–Crippen MR) is 118 cm³/mol. The Morgan fingerprint density at radius 2 is 2.03 bits per heavy atom. The molecule has 9 heteroatoms. The maximum absolute atomic E-state index is 11.7. The maximum atomic E-state index is 11.7. The molecule has 1 amide bonds. The van der Waals surface area contributed by atoms with Gasteiger partial charge in [-0.15, -0.1) is 12.6 Å².